The number of halogens is 3. The van der Waals surface area contributed by atoms with Crippen LogP contribution in [0, 0.1) is 0 Å². The van der Waals surface area contributed by atoms with Crippen LogP contribution in [0.25, 0.3) is 10.2 Å². The van der Waals surface area contributed by atoms with Crippen LogP contribution in [0.1, 0.15) is 5.56 Å². The zero-order chi connectivity index (χ0) is 20.9. The van der Waals surface area contributed by atoms with E-state index in [2.05, 4.69) is 10.3 Å². The van der Waals surface area contributed by atoms with Crippen LogP contribution in [0.2, 0.25) is 0 Å². The van der Waals surface area contributed by atoms with Crippen molar-refractivity contribution in [2.75, 3.05) is 25.2 Å². The Morgan fingerprint density at radius 2 is 2.00 bits per heavy atom. The van der Waals surface area contributed by atoms with E-state index in [1.165, 1.54) is 11.0 Å². The molecule has 2 amide bonds. The molecule has 156 valence electrons. The SMILES string of the molecule is O=C(Nc1ccc2c(c1)OCO2)N1CC(Oc2nc3c(C(F)(F)F)cccc3s2)C1. The molecule has 1 fully saturated rings. The highest BCUT2D eigenvalue weighted by Crippen LogP contribution is 2.39. The molecule has 11 heteroatoms. The summed E-state index contributed by atoms with van der Waals surface area (Å²) in [5, 5.41) is 2.92. The average molecular weight is 437 g/mol. The number of rotatable bonds is 3. The summed E-state index contributed by atoms with van der Waals surface area (Å²) in [5.41, 5.74) is -0.342. The van der Waals surface area contributed by atoms with Gasteiger partial charge in [0.1, 0.15) is 6.10 Å². The number of carbonyl (C=O) groups excluding carboxylic acids is 1. The molecule has 3 heterocycles. The number of thiazole rings is 1. The molecule has 1 saturated heterocycles. The number of benzene rings is 2. The lowest BCUT2D eigenvalue weighted by molar-refractivity contribution is -0.136. The van der Waals surface area contributed by atoms with Gasteiger partial charge in [0.15, 0.2) is 11.5 Å². The maximum Gasteiger partial charge on any atom is 0.418 e. The second-order valence-corrected chi connectivity index (χ2v) is 7.77. The molecule has 2 aliphatic rings. The summed E-state index contributed by atoms with van der Waals surface area (Å²) in [7, 11) is 0. The number of urea groups is 1. The molecule has 1 N–H and O–H groups in total. The van der Waals surface area contributed by atoms with Gasteiger partial charge in [-0.15, -0.1) is 0 Å². The van der Waals surface area contributed by atoms with Gasteiger partial charge in [-0.1, -0.05) is 17.4 Å². The molecule has 0 radical (unpaired) electrons. The number of nitrogens with zero attached hydrogens (tertiary/aromatic N) is 2. The Morgan fingerprint density at radius 3 is 2.80 bits per heavy atom. The zero-order valence-electron chi connectivity index (χ0n) is 15.2. The Kier molecular flexibility index (Phi) is 4.35. The van der Waals surface area contributed by atoms with Crippen LogP contribution in [-0.2, 0) is 6.18 Å². The van der Waals surface area contributed by atoms with Crippen molar-refractivity contribution < 1.29 is 32.2 Å². The lowest BCUT2D eigenvalue weighted by atomic mass is 10.2. The topological polar surface area (TPSA) is 72.9 Å². The van der Waals surface area contributed by atoms with Crippen LogP contribution in [0.3, 0.4) is 0 Å². The number of aromatic nitrogens is 1. The highest BCUT2D eigenvalue weighted by Gasteiger charge is 2.36. The highest BCUT2D eigenvalue weighted by atomic mass is 32.1. The van der Waals surface area contributed by atoms with Crippen LogP contribution >= 0.6 is 11.3 Å². The second-order valence-electron chi connectivity index (χ2n) is 6.77. The van der Waals surface area contributed by atoms with Crippen molar-refractivity contribution in [2.24, 2.45) is 0 Å². The molecule has 0 aliphatic carbocycles. The Labute approximate surface area is 172 Å². The van der Waals surface area contributed by atoms with Gasteiger partial charge in [-0.3, -0.25) is 0 Å². The van der Waals surface area contributed by atoms with Crippen LogP contribution in [0.4, 0.5) is 23.7 Å². The number of para-hydroxylation sites is 1. The van der Waals surface area contributed by atoms with Crippen LogP contribution in [-0.4, -0.2) is 41.9 Å². The molecule has 0 spiro atoms. The Bertz CT molecular complexity index is 1130. The summed E-state index contributed by atoms with van der Waals surface area (Å²) < 4.78 is 55.9. The van der Waals surface area contributed by atoms with Crippen LogP contribution in [0.15, 0.2) is 36.4 Å². The van der Waals surface area contributed by atoms with Gasteiger partial charge in [0.05, 0.1) is 28.9 Å². The van der Waals surface area contributed by atoms with E-state index in [1.807, 2.05) is 0 Å². The molecule has 0 unspecified atom stereocenters. The van der Waals surface area contributed by atoms with Gasteiger partial charge < -0.3 is 24.4 Å². The fourth-order valence-corrected chi connectivity index (χ4v) is 4.11. The van der Waals surface area contributed by atoms with Crippen LogP contribution < -0.4 is 19.5 Å². The van der Waals surface area contributed by atoms with Crippen molar-refractivity contribution in [3.05, 3.63) is 42.0 Å². The summed E-state index contributed by atoms with van der Waals surface area (Å²) in [4.78, 5) is 17.9. The monoisotopic (exact) mass is 437 g/mol. The fourth-order valence-electron chi connectivity index (χ4n) is 3.21. The summed E-state index contributed by atoms with van der Waals surface area (Å²) in [6, 6.07) is 8.70. The molecule has 2 aliphatic heterocycles. The molecule has 30 heavy (non-hydrogen) atoms. The van der Waals surface area contributed by atoms with E-state index in [0.717, 1.165) is 17.4 Å². The number of fused-ring (bicyclic) bond motifs is 2. The first-order chi connectivity index (χ1) is 14.4. The second kappa shape index (κ2) is 6.94. The van der Waals surface area contributed by atoms with Crippen LogP contribution in [0.5, 0.6) is 16.7 Å². The molecule has 0 atom stereocenters. The minimum atomic E-state index is -4.48. The first-order valence-electron chi connectivity index (χ1n) is 8.96. The van der Waals surface area contributed by atoms with E-state index in [9.17, 15) is 18.0 Å². The first kappa shape index (κ1) is 18.8. The van der Waals surface area contributed by atoms with E-state index in [4.69, 9.17) is 14.2 Å². The number of hydrogen-bond donors (Lipinski definition) is 1. The number of carbonyl (C=O) groups is 1. The van der Waals surface area contributed by atoms with Crippen molar-refractivity contribution in [2.45, 2.75) is 12.3 Å². The number of likely N-dealkylation sites (tertiary alicyclic amines) is 1. The predicted molar refractivity (Wildman–Crippen MR) is 102 cm³/mol. The molecule has 7 nitrogen and oxygen atoms in total. The number of nitrogens with one attached hydrogen (secondary N) is 1. The largest absolute Gasteiger partial charge is 0.463 e. The molecule has 1 aromatic heterocycles. The first-order valence-corrected chi connectivity index (χ1v) is 9.77. The minimum absolute atomic E-state index is 0.123. The fraction of sp³-hybridized carbons (Fsp3) is 0.263. The van der Waals surface area contributed by atoms with Gasteiger partial charge in [-0.2, -0.15) is 13.2 Å². The van der Waals surface area contributed by atoms with Crippen molar-refractivity contribution in [1.29, 1.82) is 0 Å². The molecule has 2 aromatic carbocycles. The van der Waals surface area contributed by atoms with E-state index in [-0.39, 0.29) is 29.6 Å². The zero-order valence-corrected chi connectivity index (χ0v) is 16.0. The lowest BCUT2D eigenvalue weighted by Crippen LogP contribution is -2.57. The minimum Gasteiger partial charge on any atom is -0.463 e. The predicted octanol–water partition coefficient (Wildman–Crippen LogP) is 4.34. The van der Waals surface area contributed by atoms with Gasteiger partial charge in [0.2, 0.25) is 6.79 Å². The number of amides is 2. The normalized spacial score (nSPS) is 15.9. The molecule has 0 saturated carbocycles. The quantitative estimate of drug-likeness (QED) is 0.660. The lowest BCUT2D eigenvalue weighted by Gasteiger charge is -2.38. The van der Waals surface area contributed by atoms with Crippen molar-refractivity contribution in [3.8, 4) is 16.7 Å². The molecular weight excluding hydrogens is 423 g/mol. The Hall–Kier alpha value is -3.21. The average Bonchev–Trinajstić information content (AvgIpc) is 3.28. The van der Waals surface area contributed by atoms with E-state index in [0.29, 0.717) is 35.0 Å². The third kappa shape index (κ3) is 3.45. The molecular formula is C19H14F3N3O4S. The summed E-state index contributed by atoms with van der Waals surface area (Å²) >= 11 is 1.05. The Morgan fingerprint density at radius 1 is 1.20 bits per heavy atom. The standard InChI is InChI=1S/C19H14F3N3O4S/c20-19(21,22)12-2-1-3-15-16(12)24-18(30-15)29-11-7-25(8-11)17(26)23-10-4-5-13-14(6-10)28-9-27-13/h1-6,11H,7-9H2,(H,23,26). The van der Waals surface area contributed by atoms with E-state index in [1.54, 1.807) is 24.3 Å². The van der Waals surface area contributed by atoms with Crippen molar-refractivity contribution >= 4 is 33.3 Å². The molecule has 3 aromatic rings. The maximum atomic E-state index is 13.1. The molecule has 5 rings (SSSR count). The van der Waals surface area contributed by atoms with Gasteiger partial charge in [0.25, 0.3) is 5.19 Å². The van der Waals surface area contributed by atoms with Gasteiger partial charge >= 0.3 is 12.2 Å². The highest BCUT2D eigenvalue weighted by molar-refractivity contribution is 7.20. The van der Waals surface area contributed by atoms with E-state index < -0.39 is 11.7 Å². The summed E-state index contributed by atoms with van der Waals surface area (Å²) in [6.45, 7) is 0.755. The smallest absolute Gasteiger partial charge is 0.418 e. The number of anilines is 1. The van der Waals surface area contributed by atoms with Gasteiger partial charge in [-0.25, -0.2) is 9.78 Å². The number of ether oxygens (including phenoxy) is 3. The summed E-state index contributed by atoms with van der Waals surface area (Å²) in [6.07, 6.45) is -4.81. The van der Waals surface area contributed by atoms with Crippen molar-refractivity contribution in [3.63, 3.8) is 0 Å². The van der Waals surface area contributed by atoms with Gasteiger partial charge in [0, 0.05) is 11.8 Å². The molecule has 0 bridgehead atoms. The summed E-state index contributed by atoms with van der Waals surface area (Å²) in [5.74, 6) is 1.18. The van der Waals surface area contributed by atoms with E-state index >= 15 is 0 Å². The van der Waals surface area contributed by atoms with Crippen molar-refractivity contribution in [1.82, 2.24) is 9.88 Å². The maximum absolute atomic E-state index is 13.1. The number of hydrogen-bond acceptors (Lipinski definition) is 6. The third-order valence-electron chi connectivity index (χ3n) is 4.73. The Balaban J connectivity index is 1.20. The number of alkyl halides is 3. The van der Waals surface area contributed by atoms with Gasteiger partial charge in [-0.05, 0) is 24.3 Å². The third-order valence-corrected chi connectivity index (χ3v) is 5.64.